The van der Waals surface area contributed by atoms with E-state index in [2.05, 4.69) is 26.8 Å². The van der Waals surface area contributed by atoms with Crippen LogP contribution in [0.25, 0.3) is 0 Å². The molecule has 1 rings (SSSR count). The lowest BCUT2D eigenvalue weighted by molar-refractivity contribution is 1.13. The van der Waals surface area contributed by atoms with Gasteiger partial charge >= 0.3 is 0 Å². The molecule has 0 atom stereocenters. The normalized spacial score (nSPS) is 16.5. The molecule has 0 unspecified atom stereocenters. The number of hydrogen-bond donors (Lipinski definition) is 0. The van der Waals surface area contributed by atoms with E-state index < -0.39 is 8.07 Å². The molecule has 0 fully saturated rings. The van der Waals surface area contributed by atoms with Gasteiger partial charge in [0.15, 0.2) is 0 Å². The van der Waals surface area contributed by atoms with E-state index in [-0.39, 0.29) is 0 Å². The van der Waals surface area contributed by atoms with Gasteiger partial charge in [-0.3, -0.25) is 0 Å². The second-order valence-electron chi connectivity index (χ2n) is 3.80. The van der Waals surface area contributed by atoms with Gasteiger partial charge in [0.2, 0.25) is 0 Å². The molecule has 1 heteroatoms. The predicted molar refractivity (Wildman–Crippen MR) is 54.7 cm³/mol. The summed E-state index contributed by atoms with van der Waals surface area (Å²) in [6.45, 7) is 7.17. The third-order valence-electron chi connectivity index (χ3n) is 3.34. The molecule has 0 amide bonds. The minimum absolute atomic E-state index is 0.786. The van der Waals surface area contributed by atoms with Crippen LogP contribution in [-0.2, 0) is 0 Å². The van der Waals surface area contributed by atoms with Crippen LogP contribution in [-0.4, -0.2) is 8.07 Å². The van der Waals surface area contributed by atoms with Gasteiger partial charge in [-0.2, -0.15) is 0 Å². The van der Waals surface area contributed by atoms with Crippen LogP contribution in [0, 0.1) is 0 Å². The van der Waals surface area contributed by atoms with Crippen LogP contribution in [0.3, 0.4) is 0 Å². The summed E-state index contributed by atoms with van der Waals surface area (Å²) < 4.78 is 0. The van der Waals surface area contributed by atoms with Gasteiger partial charge in [0.25, 0.3) is 0 Å². The predicted octanol–water partition coefficient (Wildman–Crippen LogP) is 3.83. The second-order valence-corrected chi connectivity index (χ2v) is 9.28. The van der Waals surface area contributed by atoms with Gasteiger partial charge in [-0.25, -0.2) is 0 Å². The van der Waals surface area contributed by atoms with Gasteiger partial charge in [-0.15, -0.1) is 0 Å². The zero-order valence-corrected chi connectivity index (χ0v) is 9.11. The first kappa shape index (κ1) is 9.05. The van der Waals surface area contributed by atoms with Gasteiger partial charge in [0.1, 0.15) is 0 Å². The van der Waals surface area contributed by atoms with E-state index in [1.165, 1.54) is 30.6 Å². The molecule has 1 aliphatic carbocycles. The molecular weight excluding hydrogens is 148 g/mol. The fourth-order valence-corrected chi connectivity index (χ4v) is 5.33. The van der Waals surface area contributed by atoms with Gasteiger partial charge < -0.3 is 0 Å². The summed E-state index contributed by atoms with van der Waals surface area (Å²) in [5.74, 6) is 0. The largest absolute Gasteiger partial charge is 0.0813 e. The van der Waals surface area contributed by atoms with Crippen LogP contribution in [0.2, 0.25) is 24.2 Å². The van der Waals surface area contributed by atoms with Crippen LogP contribution in [0.4, 0.5) is 0 Å². The highest BCUT2D eigenvalue weighted by Gasteiger charge is 2.29. The quantitative estimate of drug-likeness (QED) is 0.432. The fourth-order valence-electron chi connectivity index (χ4n) is 1.82. The highest BCUT2D eigenvalue weighted by Crippen LogP contribution is 2.35. The number of rotatable bonds is 5. The first-order valence-electron chi connectivity index (χ1n) is 4.94. The Morgan fingerprint density at radius 2 is 1.64 bits per heavy atom. The van der Waals surface area contributed by atoms with Crippen LogP contribution < -0.4 is 0 Å². The Labute approximate surface area is 71.7 Å². The molecule has 0 radical (unpaired) electrons. The van der Waals surface area contributed by atoms with Gasteiger partial charge in [0, 0.05) is 0 Å². The van der Waals surface area contributed by atoms with Crippen molar-refractivity contribution in [3.05, 3.63) is 11.6 Å². The Hall–Kier alpha value is -0.0431. The molecule has 0 bridgehead atoms. The average molecular weight is 168 g/mol. The van der Waals surface area contributed by atoms with E-state index in [0.29, 0.717) is 0 Å². The Morgan fingerprint density at radius 3 is 1.91 bits per heavy atom. The molecule has 0 heterocycles. The maximum Gasteiger partial charge on any atom is 0.0568 e. The van der Waals surface area contributed by atoms with Crippen molar-refractivity contribution < 1.29 is 0 Å². The molecule has 1 aliphatic rings. The summed E-state index contributed by atoms with van der Waals surface area (Å²) in [5.41, 5.74) is 1.77. The zero-order valence-electron chi connectivity index (χ0n) is 8.11. The third kappa shape index (κ3) is 2.19. The minimum Gasteiger partial charge on any atom is -0.0813 e. The van der Waals surface area contributed by atoms with Gasteiger partial charge in [-0.05, 0) is 12.5 Å². The Morgan fingerprint density at radius 1 is 1.18 bits per heavy atom. The van der Waals surface area contributed by atoms with Crippen molar-refractivity contribution >= 4 is 8.07 Å². The van der Waals surface area contributed by atoms with Crippen molar-refractivity contribution in [2.24, 2.45) is 0 Å². The van der Waals surface area contributed by atoms with E-state index in [4.69, 9.17) is 0 Å². The average Bonchev–Trinajstić information content (AvgIpc) is 2.84. The first-order valence-corrected chi connectivity index (χ1v) is 7.77. The lowest BCUT2D eigenvalue weighted by atomic mass is 10.6. The molecule has 0 aromatic heterocycles. The van der Waals surface area contributed by atoms with Crippen molar-refractivity contribution in [2.75, 3.05) is 0 Å². The van der Waals surface area contributed by atoms with Crippen molar-refractivity contribution in [3.8, 4) is 0 Å². The molecule has 0 N–H and O–H groups in total. The summed E-state index contributed by atoms with van der Waals surface area (Å²) in [5, 5.41) is 0. The van der Waals surface area contributed by atoms with Crippen LogP contribution in [0.15, 0.2) is 11.6 Å². The smallest absolute Gasteiger partial charge is 0.0568 e. The number of allylic oxidation sites excluding steroid dienone is 2. The summed E-state index contributed by atoms with van der Waals surface area (Å²) in [7, 11) is -0.786. The third-order valence-corrected chi connectivity index (χ3v) is 9.05. The van der Waals surface area contributed by atoms with E-state index in [1.807, 2.05) is 0 Å². The summed E-state index contributed by atoms with van der Waals surface area (Å²) >= 11 is 0. The first-order chi connectivity index (χ1) is 5.26. The lowest BCUT2D eigenvalue weighted by Crippen LogP contribution is -2.30. The molecule has 0 aliphatic heterocycles. The van der Waals surface area contributed by atoms with E-state index in [9.17, 15) is 0 Å². The highest BCUT2D eigenvalue weighted by molar-refractivity contribution is 6.80. The number of hydrogen-bond acceptors (Lipinski definition) is 0. The Bertz CT molecular complexity index is 146. The van der Waals surface area contributed by atoms with Crippen molar-refractivity contribution in [2.45, 2.75) is 51.4 Å². The monoisotopic (exact) mass is 168 g/mol. The van der Waals surface area contributed by atoms with Crippen molar-refractivity contribution in [1.82, 2.24) is 0 Å². The second kappa shape index (κ2) is 3.57. The highest BCUT2D eigenvalue weighted by atomic mass is 28.3. The Balaban J connectivity index is 2.46. The molecule has 0 spiro atoms. The van der Waals surface area contributed by atoms with Crippen LogP contribution in [0.5, 0.6) is 0 Å². The topological polar surface area (TPSA) is 0 Å². The minimum atomic E-state index is -0.786. The Kier molecular flexibility index (Phi) is 2.94. The molecular formula is C10H20Si. The van der Waals surface area contributed by atoms with Crippen LogP contribution >= 0.6 is 0 Å². The lowest BCUT2D eigenvalue weighted by Gasteiger charge is -2.26. The molecule has 0 saturated carbocycles. The molecule has 64 valence electrons. The molecule has 11 heavy (non-hydrogen) atoms. The summed E-state index contributed by atoms with van der Waals surface area (Å²) in [6, 6.07) is 5.96. The zero-order chi connectivity index (χ0) is 8.32. The summed E-state index contributed by atoms with van der Waals surface area (Å²) in [4.78, 5) is 0. The molecule has 0 saturated heterocycles. The van der Waals surface area contributed by atoms with Crippen molar-refractivity contribution in [3.63, 3.8) is 0 Å². The van der Waals surface area contributed by atoms with Crippen molar-refractivity contribution in [1.29, 1.82) is 0 Å². The van der Waals surface area contributed by atoms with E-state index in [1.54, 1.807) is 5.57 Å². The van der Waals surface area contributed by atoms with E-state index in [0.717, 1.165) is 0 Å². The fraction of sp³-hybridized carbons (Fsp3) is 0.800. The van der Waals surface area contributed by atoms with Crippen LogP contribution in [0.1, 0.15) is 27.2 Å². The molecule has 0 aromatic rings. The van der Waals surface area contributed by atoms with Gasteiger partial charge in [-0.1, -0.05) is 50.6 Å². The summed E-state index contributed by atoms with van der Waals surface area (Å²) in [6.07, 6.45) is 3.75. The maximum atomic E-state index is 2.41. The standard InChI is InChI=1S/C10H20Si/c1-4-11(5-2,6-3)9-10-7-8-10/h7H,4-6,8-9H2,1-3H3. The van der Waals surface area contributed by atoms with Gasteiger partial charge in [0.05, 0.1) is 8.07 Å². The molecule has 0 aromatic carbocycles. The molecule has 0 nitrogen and oxygen atoms in total. The SMILES string of the molecule is CC[Si](CC)(CC)CC1=CC1. The van der Waals surface area contributed by atoms with E-state index >= 15 is 0 Å². The maximum absolute atomic E-state index is 2.41.